The number of esters is 1. The molecule has 0 saturated carbocycles. The van der Waals surface area contributed by atoms with E-state index in [9.17, 15) is 4.79 Å². The molecule has 3 nitrogen and oxygen atoms in total. The van der Waals surface area contributed by atoms with Crippen LogP contribution < -0.4 is 0 Å². The van der Waals surface area contributed by atoms with Crippen LogP contribution in [0.25, 0.3) is 0 Å². The molecule has 15 heavy (non-hydrogen) atoms. The van der Waals surface area contributed by atoms with Crippen molar-refractivity contribution in [2.45, 2.75) is 11.8 Å². The van der Waals surface area contributed by atoms with Crippen molar-refractivity contribution in [3.8, 4) is 6.07 Å². The minimum atomic E-state index is -0.422. The van der Waals surface area contributed by atoms with E-state index in [-0.39, 0.29) is 0 Å². The Hall–Kier alpha value is -0.740. The lowest BCUT2D eigenvalue weighted by Gasteiger charge is -2.06. The predicted molar refractivity (Wildman–Crippen MR) is 67.1 cm³/mol. The fourth-order valence-corrected chi connectivity index (χ4v) is 1.82. The number of ether oxygens (including phenoxy) is 1. The highest BCUT2D eigenvalue weighted by Gasteiger charge is 2.14. The molecule has 0 heterocycles. The third-order valence-corrected chi connectivity index (χ3v) is 3.62. The molecule has 0 fully saturated rings. The fraction of sp³-hybridized carbons (Fsp3) is 0.200. The lowest BCUT2D eigenvalue weighted by Crippen LogP contribution is -2.07. The van der Waals surface area contributed by atoms with E-state index >= 15 is 0 Å². The van der Waals surface area contributed by atoms with Crippen LogP contribution in [-0.2, 0) is 4.74 Å². The van der Waals surface area contributed by atoms with Gasteiger partial charge in [-0.2, -0.15) is 5.26 Å². The van der Waals surface area contributed by atoms with Gasteiger partial charge >= 0.3 is 5.97 Å². The number of carbonyl (C=O) groups excluding carboxylic acids is 1. The standard InChI is InChI=1S/C10H8INO2S/c1-2-14-10(13)7-3-6(5-12)4-8(15)9(7)11/h3-4,15H,2H2,1H3. The van der Waals surface area contributed by atoms with Crippen molar-refractivity contribution >= 4 is 41.2 Å². The molecule has 1 aromatic carbocycles. The molecule has 0 unspecified atom stereocenters. The average Bonchev–Trinajstić information content (AvgIpc) is 2.22. The van der Waals surface area contributed by atoms with Gasteiger partial charge in [-0.15, -0.1) is 12.6 Å². The average molecular weight is 333 g/mol. The Kier molecular flexibility index (Phi) is 4.42. The summed E-state index contributed by atoms with van der Waals surface area (Å²) in [4.78, 5) is 12.1. The summed E-state index contributed by atoms with van der Waals surface area (Å²) in [5.41, 5.74) is 0.796. The fourth-order valence-electron chi connectivity index (χ4n) is 1.03. The maximum absolute atomic E-state index is 11.5. The quantitative estimate of drug-likeness (QED) is 0.514. The molecule has 1 aromatic rings. The third kappa shape index (κ3) is 2.86. The van der Waals surface area contributed by atoms with Crippen molar-refractivity contribution in [1.29, 1.82) is 5.26 Å². The van der Waals surface area contributed by atoms with Crippen molar-refractivity contribution in [2.75, 3.05) is 6.61 Å². The van der Waals surface area contributed by atoms with Gasteiger partial charge in [0.25, 0.3) is 0 Å². The molecule has 0 N–H and O–H groups in total. The summed E-state index contributed by atoms with van der Waals surface area (Å²) >= 11 is 6.19. The van der Waals surface area contributed by atoms with E-state index in [1.807, 2.05) is 28.7 Å². The largest absolute Gasteiger partial charge is 0.462 e. The molecule has 0 amide bonds. The Balaban J connectivity index is 3.23. The molecule has 0 aliphatic carbocycles. The van der Waals surface area contributed by atoms with E-state index in [2.05, 4.69) is 12.6 Å². The zero-order chi connectivity index (χ0) is 11.4. The van der Waals surface area contributed by atoms with Crippen molar-refractivity contribution < 1.29 is 9.53 Å². The molecule has 0 aromatic heterocycles. The van der Waals surface area contributed by atoms with Gasteiger partial charge in [0.1, 0.15) is 0 Å². The molecule has 1 rings (SSSR count). The maximum atomic E-state index is 11.5. The van der Waals surface area contributed by atoms with Crippen molar-refractivity contribution in [3.05, 3.63) is 26.8 Å². The monoisotopic (exact) mass is 333 g/mol. The van der Waals surface area contributed by atoms with Crippen LogP contribution >= 0.6 is 35.2 Å². The van der Waals surface area contributed by atoms with Gasteiger partial charge in [-0.05, 0) is 41.6 Å². The molecule has 0 atom stereocenters. The minimum Gasteiger partial charge on any atom is -0.462 e. The molecule has 78 valence electrons. The van der Waals surface area contributed by atoms with Crippen LogP contribution in [0.5, 0.6) is 0 Å². The number of halogens is 1. The van der Waals surface area contributed by atoms with E-state index in [0.29, 0.717) is 26.2 Å². The Morgan fingerprint density at radius 2 is 2.33 bits per heavy atom. The first kappa shape index (κ1) is 12.3. The summed E-state index contributed by atoms with van der Waals surface area (Å²) in [6.07, 6.45) is 0. The number of nitrogens with zero attached hydrogens (tertiary/aromatic N) is 1. The Labute approximate surface area is 107 Å². The van der Waals surface area contributed by atoms with Crippen molar-refractivity contribution in [3.63, 3.8) is 0 Å². The van der Waals surface area contributed by atoms with E-state index in [1.54, 1.807) is 13.0 Å². The van der Waals surface area contributed by atoms with Crippen molar-refractivity contribution in [1.82, 2.24) is 0 Å². The summed E-state index contributed by atoms with van der Waals surface area (Å²) < 4.78 is 5.58. The normalized spacial score (nSPS) is 9.47. The number of carbonyl (C=O) groups is 1. The molecule has 0 saturated heterocycles. The Bertz CT molecular complexity index is 440. The molecule has 5 heteroatoms. The van der Waals surface area contributed by atoms with Crippen LogP contribution in [0.1, 0.15) is 22.8 Å². The summed E-state index contributed by atoms with van der Waals surface area (Å²) in [6, 6.07) is 5.10. The van der Waals surface area contributed by atoms with E-state index in [4.69, 9.17) is 10.00 Å². The van der Waals surface area contributed by atoms with Crippen LogP contribution in [0, 0.1) is 14.9 Å². The van der Waals surface area contributed by atoms with Gasteiger partial charge in [0.15, 0.2) is 0 Å². The molecule has 0 bridgehead atoms. The maximum Gasteiger partial charge on any atom is 0.339 e. The van der Waals surface area contributed by atoms with Gasteiger partial charge in [-0.3, -0.25) is 0 Å². The predicted octanol–water partition coefficient (Wildman–Crippen LogP) is 2.63. The van der Waals surface area contributed by atoms with Crippen LogP contribution in [0.3, 0.4) is 0 Å². The van der Waals surface area contributed by atoms with Gasteiger partial charge in [-0.1, -0.05) is 0 Å². The first-order valence-corrected chi connectivity index (χ1v) is 5.72. The van der Waals surface area contributed by atoms with Crippen LogP contribution in [0.2, 0.25) is 0 Å². The molecular weight excluding hydrogens is 325 g/mol. The second kappa shape index (κ2) is 5.37. The van der Waals surface area contributed by atoms with Gasteiger partial charge in [0.2, 0.25) is 0 Å². The molecule has 0 aliphatic heterocycles. The number of hydrogen-bond acceptors (Lipinski definition) is 4. The van der Waals surface area contributed by atoms with Crippen LogP contribution in [-0.4, -0.2) is 12.6 Å². The zero-order valence-corrected chi connectivity index (χ0v) is 11.0. The first-order chi connectivity index (χ1) is 7.10. The SMILES string of the molecule is CCOC(=O)c1cc(C#N)cc(S)c1I. The summed E-state index contributed by atoms with van der Waals surface area (Å²) in [5.74, 6) is -0.422. The van der Waals surface area contributed by atoms with Gasteiger partial charge < -0.3 is 4.74 Å². The lowest BCUT2D eigenvalue weighted by atomic mass is 10.1. The number of nitriles is 1. The second-order valence-corrected chi connectivity index (χ2v) is 4.25. The molecule has 0 radical (unpaired) electrons. The van der Waals surface area contributed by atoms with Crippen LogP contribution in [0.15, 0.2) is 17.0 Å². The highest BCUT2D eigenvalue weighted by atomic mass is 127. The second-order valence-electron chi connectivity index (χ2n) is 2.69. The molecule has 0 spiro atoms. The number of benzene rings is 1. The topological polar surface area (TPSA) is 50.1 Å². The van der Waals surface area contributed by atoms with Crippen molar-refractivity contribution in [2.24, 2.45) is 0 Å². The molecular formula is C10H8INO2S. The lowest BCUT2D eigenvalue weighted by molar-refractivity contribution is 0.0524. The number of rotatable bonds is 2. The highest BCUT2D eigenvalue weighted by molar-refractivity contribution is 14.1. The number of thiol groups is 1. The molecule has 0 aliphatic rings. The van der Waals surface area contributed by atoms with E-state index in [1.165, 1.54) is 6.07 Å². The van der Waals surface area contributed by atoms with Gasteiger partial charge in [0, 0.05) is 8.47 Å². The van der Waals surface area contributed by atoms with Crippen LogP contribution in [0.4, 0.5) is 0 Å². The summed E-state index contributed by atoms with van der Waals surface area (Å²) in [7, 11) is 0. The smallest absolute Gasteiger partial charge is 0.339 e. The Morgan fingerprint density at radius 3 is 2.87 bits per heavy atom. The van der Waals surface area contributed by atoms with E-state index < -0.39 is 5.97 Å². The first-order valence-electron chi connectivity index (χ1n) is 4.19. The summed E-state index contributed by atoms with van der Waals surface area (Å²) in [5, 5.41) is 8.75. The van der Waals surface area contributed by atoms with Gasteiger partial charge in [-0.25, -0.2) is 4.79 Å². The minimum absolute atomic E-state index is 0.313. The summed E-state index contributed by atoms with van der Waals surface area (Å²) in [6.45, 7) is 2.05. The third-order valence-electron chi connectivity index (χ3n) is 1.68. The zero-order valence-electron chi connectivity index (χ0n) is 7.95. The van der Waals surface area contributed by atoms with Gasteiger partial charge in [0.05, 0.1) is 23.8 Å². The Morgan fingerprint density at radius 1 is 1.67 bits per heavy atom. The number of hydrogen-bond donors (Lipinski definition) is 1. The van der Waals surface area contributed by atoms with E-state index in [0.717, 1.165) is 0 Å². The highest BCUT2D eigenvalue weighted by Crippen LogP contribution is 2.23.